The van der Waals surface area contributed by atoms with Gasteiger partial charge >= 0.3 is 6.09 Å². The lowest BCUT2D eigenvalue weighted by Gasteiger charge is -2.44. The highest BCUT2D eigenvalue weighted by Crippen LogP contribution is 2.33. The molecule has 28 heavy (non-hydrogen) atoms. The van der Waals surface area contributed by atoms with E-state index in [1.165, 1.54) is 0 Å². The molecule has 1 saturated heterocycles. The molecule has 0 radical (unpaired) electrons. The smallest absolute Gasteiger partial charge is 0.410 e. The van der Waals surface area contributed by atoms with Crippen LogP contribution in [0.5, 0.6) is 0 Å². The third-order valence-electron chi connectivity index (χ3n) is 4.98. The Hall–Kier alpha value is -1.58. The van der Waals surface area contributed by atoms with E-state index in [0.717, 1.165) is 10.7 Å². The van der Waals surface area contributed by atoms with Gasteiger partial charge in [0.1, 0.15) is 10.3 Å². The van der Waals surface area contributed by atoms with Crippen molar-refractivity contribution < 1.29 is 14.1 Å². The fourth-order valence-electron chi connectivity index (χ4n) is 3.39. The number of aromatic amines is 1. The SMILES string of the molecule is CC(C)(C)OC(=O)N1CCC2(CC1)N=c1[nH]ncc1=C[C@@H]2N[S+]([O-])C(C)(C)C. The largest absolute Gasteiger partial charge is 0.598 e. The monoisotopic (exact) mass is 409 g/mol. The molecule has 8 nitrogen and oxygen atoms in total. The van der Waals surface area contributed by atoms with Crippen molar-refractivity contribution in [2.75, 3.05) is 13.1 Å². The molecule has 1 unspecified atom stereocenters. The van der Waals surface area contributed by atoms with Gasteiger partial charge in [0.2, 0.25) is 0 Å². The average Bonchev–Trinajstić information content (AvgIpc) is 3.00. The van der Waals surface area contributed by atoms with Crippen LogP contribution >= 0.6 is 0 Å². The summed E-state index contributed by atoms with van der Waals surface area (Å²) in [4.78, 5) is 19.1. The quantitative estimate of drug-likeness (QED) is 0.709. The first-order valence-corrected chi connectivity index (χ1v) is 10.8. The van der Waals surface area contributed by atoms with E-state index in [4.69, 9.17) is 9.73 Å². The van der Waals surface area contributed by atoms with Gasteiger partial charge in [0.05, 0.1) is 17.8 Å². The third kappa shape index (κ3) is 4.52. The molecule has 0 aliphatic carbocycles. The first kappa shape index (κ1) is 21.1. The van der Waals surface area contributed by atoms with Gasteiger partial charge in [-0.15, -0.1) is 4.72 Å². The first-order chi connectivity index (χ1) is 12.9. The second-order valence-electron chi connectivity index (χ2n) is 9.50. The molecule has 1 spiro atoms. The number of carbonyl (C=O) groups excluding carboxylic acids is 1. The Balaban J connectivity index is 1.81. The second kappa shape index (κ2) is 7.35. The summed E-state index contributed by atoms with van der Waals surface area (Å²) >= 11 is -1.24. The number of likely N-dealkylation sites (tertiary alicyclic amines) is 1. The number of rotatable bonds is 2. The zero-order valence-corrected chi connectivity index (χ0v) is 18.4. The average molecular weight is 410 g/mol. The van der Waals surface area contributed by atoms with Crippen molar-refractivity contribution in [3.8, 4) is 0 Å². The molecule has 2 aliphatic heterocycles. The lowest BCUT2D eigenvalue weighted by atomic mass is 9.80. The number of hydrogen-bond acceptors (Lipinski definition) is 6. The van der Waals surface area contributed by atoms with Crippen LogP contribution in [0.2, 0.25) is 0 Å². The van der Waals surface area contributed by atoms with Crippen molar-refractivity contribution in [2.45, 2.75) is 76.3 Å². The highest BCUT2D eigenvalue weighted by atomic mass is 32.2. The van der Waals surface area contributed by atoms with Crippen molar-refractivity contribution >= 4 is 23.5 Å². The van der Waals surface area contributed by atoms with Crippen molar-refractivity contribution in [1.29, 1.82) is 0 Å². The Kier molecular flexibility index (Phi) is 5.55. The fourth-order valence-corrected chi connectivity index (χ4v) is 4.26. The minimum Gasteiger partial charge on any atom is -0.598 e. The van der Waals surface area contributed by atoms with E-state index in [1.807, 2.05) is 41.5 Å². The number of aromatic nitrogens is 2. The summed E-state index contributed by atoms with van der Waals surface area (Å²) in [5.74, 6) is 0. The van der Waals surface area contributed by atoms with E-state index in [2.05, 4.69) is 21.0 Å². The van der Waals surface area contributed by atoms with Crippen LogP contribution < -0.4 is 15.4 Å². The van der Waals surface area contributed by atoms with E-state index in [0.29, 0.717) is 25.9 Å². The molecule has 1 fully saturated rings. The number of H-pyrrole nitrogens is 1. The molecule has 2 atom stereocenters. The highest BCUT2D eigenvalue weighted by molar-refractivity contribution is 7.90. The van der Waals surface area contributed by atoms with Crippen molar-refractivity contribution in [1.82, 2.24) is 19.8 Å². The van der Waals surface area contributed by atoms with E-state index in [9.17, 15) is 9.35 Å². The second-order valence-corrected chi connectivity index (χ2v) is 11.5. The summed E-state index contributed by atoms with van der Waals surface area (Å²) in [6.45, 7) is 12.5. The van der Waals surface area contributed by atoms with E-state index < -0.39 is 22.5 Å². The molecule has 2 N–H and O–H groups in total. The van der Waals surface area contributed by atoms with Crippen LogP contribution in [0.1, 0.15) is 54.4 Å². The summed E-state index contributed by atoms with van der Waals surface area (Å²) in [6, 6.07) is -0.196. The molecule has 156 valence electrons. The molecule has 0 aromatic carbocycles. The Morgan fingerprint density at radius 1 is 1.32 bits per heavy atom. The van der Waals surface area contributed by atoms with Gasteiger partial charge in [0.25, 0.3) is 0 Å². The number of hydrogen-bond donors (Lipinski definition) is 2. The normalized spacial score (nSPS) is 22.8. The zero-order chi connectivity index (χ0) is 20.7. The Labute approximate surface area is 169 Å². The number of piperidine rings is 1. The van der Waals surface area contributed by atoms with Crippen molar-refractivity contribution in [2.24, 2.45) is 4.99 Å². The third-order valence-corrected chi connectivity index (χ3v) is 6.56. The highest BCUT2D eigenvalue weighted by Gasteiger charge is 2.46. The Morgan fingerprint density at radius 2 is 1.96 bits per heavy atom. The van der Waals surface area contributed by atoms with Gasteiger partial charge in [-0.05, 0) is 60.5 Å². The van der Waals surface area contributed by atoms with E-state index in [1.54, 1.807) is 11.1 Å². The maximum Gasteiger partial charge on any atom is 0.410 e. The van der Waals surface area contributed by atoms with Gasteiger partial charge in [0, 0.05) is 29.7 Å². The van der Waals surface area contributed by atoms with Crippen molar-refractivity contribution in [3.63, 3.8) is 0 Å². The number of fused-ring (bicyclic) bond motifs is 1. The fraction of sp³-hybridized carbons (Fsp3) is 0.737. The van der Waals surface area contributed by atoms with Crippen LogP contribution in [-0.2, 0) is 16.1 Å². The lowest BCUT2D eigenvalue weighted by molar-refractivity contribution is 0.0160. The maximum atomic E-state index is 12.8. The molecule has 0 bridgehead atoms. The zero-order valence-electron chi connectivity index (χ0n) is 17.5. The van der Waals surface area contributed by atoms with Crippen LogP contribution in [-0.4, -0.2) is 60.8 Å². The molecule has 3 rings (SSSR count). The maximum absolute atomic E-state index is 12.8. The van der Waals surface area contributed by atoms with Gasteiger partial charge in [-0.3, -0.25) is 10.1 Å². The lowest BCUT2D eigenvalue weighted by Crippen LogP contribution is -2.61. The number of ether oxygens (including phenoxy) is 1. The standard InChI is InChI=1S/C19H31N5O3S/c1-17(2,3)27-16(25)24-9-7-19(8-10-24)14(23-28(26)18(4,5)6)11-13-12-20-22-15(13)21-19/h11-12,14,23H,7-10H2,1-6H3,(H,21,22)/t14-,28?/m0/s1. The summed E-state index contributed by atoms with van der Waals surface area (Å²) < 4.78 is 21.2. The van der Waals surface area contributed by atoms with E-state index in [-0.39, 0.29) is 16.9 Å². The Bertz CT molecular complexity index is 831. The topological polar surface area (TPSA) is 106 Å². The van der Waals surface area contributed by atoms with Gasteiger partial charge < -0.3 is 14.2 Å². The predicted molar refractivity (Wildman–Crippen MR) is 108 cm³/mol. The molecule has 2 aliphatic rings. The first-order valence-electron chi connectivity index (χ1n) is 9.67. The van der Waals surface area contributed by atoms with Gasteiger partial charge in [-0.25, -0.2) is 4.79 Å². The Morgan fingerprint density at radius 3 is 2.54 bits per heavy atom. The van der Waals surface area contributed by atoms with Crippen LogP contribution in [0.3, 0.4) is 0 Å². The van der Waals surface area contributed by atoms with Gasteiger partial charge in [0.15, 0.2) is 5.49 Å². The number of nitrogens with zero attached hydrogens (tertiary/aromatic N) is 3. The molecule has 1 aromatic heterocycles. The van der Waals surface area contributed by atoms with E-state index >= 15 is 0 Å². The van der Waals surface area contributed by atoms with Crippen LogP contribution in [0.4, 0.5) is 4.79 Å². The summed E-state index contributed by atoms with van der Waals surface area (Å²) in [6.07, 6.45) is 4.79. The number of amides is 1. The minimum absolute atomic E-state index is 0.196. The van der Waals surface area contributed by atoms with Crippen LogP contribution in [0.15, 0.2) is 11.2 Å². The number of nitrogens with one attached hydrogen (secondary N) is 2. The van der Waals surface area contributed by atoms with Crippen molar-refractivity contribution in [3.05, 3.63) is 16.9 Å². The molecule has 1 amide bonds. The van der Waals surface area contributed by atoms with Gasteiger partial charge in [-0.2, -0.15) is 5.10 Å². The van der Waals surface area contributed by atoms with Crippen LogP contribution in [0, 0.1) is 0 Å². The predicted octanol–water partition coefficient (Wildman–Crippen LogP) is 1.01. The summed E-state index contributed by atoms with van der Waals surface area (Å²) in [7, 11) is 0. The van der Waals surface area contributed by atoms with Gasteiger partial charge in [-0.1, -0.05) is 0 Å². The molecular formula is C19H31N5O3S. The van der Waals surface area contributed by atoms with Crippen LogP contribution in [0.25, 0.3) is 6.08 Å². The molecule has 0 saturated carbocycles. The summed E-state index contributed by atoms with van der Waals surface area (Å²) in [5.41, 5.74) is -0.252. The minimum atomic E-state index is -1.24. The molecule has 3 heterocycles. The summed E-state index contributed by atoms with van der Waals surface area (Å²) in [5, 5.41) is 7.94. The molecular weight excluding hydrogens is 378 g/mol. The molecule has 1 aromatic rings. The molecule has 9 heteroatoms. The number of carbonyl (C=O) groups is 1.